The van der Waals surface area contributed by atoms with E-state index in [1.54, 1.807) is 25.1 Å². The van der Waals surface area contributed by atoms with Gasteiger partial charge in [-0.25, -0.2) is 10.1 Å². The van der Waals surface area contributed by atoms with Crippen molar-refractivity contribution in [1.29, 1.82) is 0 Å². The van der Waals surface area contributed by atoms with Crippen LogP contribution in [0.15, 0.2) is 64.5 Å². The number of amides is 1. The Hall–Kier alpha value is -2.68. The lowest BCUT2D eigenvalue weighted by Crippen LogP contribution is -2.20. The molecule has 0 aliphatic carbocycles. The number of hydrogen-bond donors (Lipinski definition) is 2. The van der Waals surface area contributed by atoms with Gasteiger partial charge in [0.1, 0.15) is 0 Å². The Kier molecular flexibility index (Phi) is 5.13. The lowest BCUT2D eigenvalue weighted by atomic mass is 10.2. The van der Waals surface area contributed by atoms with Crippen molar-refractivity contribution >= 4 is 34.7 Å². The second-order valence-electron chi connectivity index (χ2n) is 5.34. The summed E-state index contributed by atoms with van der Waals surface area (Å²) >= 11 is 2.14. The number of carbonyl (C=O) groups excluding carboxylic acids is 1. The standard InChI is InChI=1S/C18H15IN4O2/c1-12-16(18(25)23(22-12)15-8-3-2-4-9-15)11-20-21-17(24)13-6-5-7-14(19)10-13/h2-11,22H,1H3,(H,21,24). The molecule has 2 aromatic carbocycles. The Bertz CT molecular complexity index is 990. The minimum Gasteiger partial charge on any atom is -0.295 e. The van der Waals surface area contributed by atoms with Crippen LogP contribution < -0.4 is 11.0 Å². The van der Waals surface area contributed by atoms with E-state index in [4.69, 9.17) is 0 Å². The fourth-order valence-electron chi connectivity index (χ4n) is 2.32. The summed E-state index contributed by atoms with van der Waals surface area (Å²) in [6.45, 7) is 1.78. The third-order valence-electron chi connectivity index (χ3n) is 3.58. The van der Waals surface area contributed by atoms with Gasteiger partial charge < -0.3 is 0 Å². The fourth-order valence-corrected chi connectivity index (χ4v) is 2.86. The Morgan fingerprint density at radius 2 is 1.96 bits per heavy atom. The molecule has 0 spiro atoms. The van der Waals surface area contributed by atoms with Crippen LogP contribution in [0.25, 0.3) is 5.69 Å². The number of nitrogens with one attached hydrogen (secondary N) is 2. The molecule has 1 heterocycles. The largest absolute Gasteiger partial charge is 0.295 e. The summed E-state index contributed by atoms with van der Waals surface area (Å²) in [5.74, 6) is -0.327. The summed E-state index contributed by atoms with van der Waals surface area (Å²) in [7, 11) is 0. The zero-order chi connectivity index (χ0) is 17.8. The van der Waals surface area contributed by atoms with Crippen LogP contribution in [0.5, 0.6) is 0 Å². The molecule has 0 saturated heterocycles. The van der Waals surface area contributed by atoms with Crippen LogP contribution >= 0.6 is 22.6 Å². The number of aromatic nitrogens is 2. The number of aryl methyl sites for hydroxylation is 1. The molecule has 0 radical (unpaired) electrons. The van der Waals surface area contributed by atoms with Crippen molar-refractivity contribution in [2.24, 2.45) is 5.10 Å². The molecule has 3 rings (SSSR count). The quantitative estimate of drug-likeness (QED) is 0.367. The van der Waals surface area contributed by atoms with Gasteiger partial charge in [0.15, 0.2) is 0 Å². The molecule has 6 nitrogen and oxygen atoms in total. The van der Waals surface area contributed by atoms with Crippen LogP contribution in [0.4, 0.5) is 0 Å². The molecule has 0 fully saturated rings. The molecule has 126 valence electrons. The first-order chi connectivity index (χ1) is 12.1. The van der Waals surface area contributed by atoms with Crippen molar-refractivity contribution in [3.63, 3.8) is 0 Å². The number of carbonyl (C=O) groups is 1. The zero-order valence-corrected chi connectivity index (χ0v) is 15.5. The Balaban J connectivity index is 1.79. The molecule has 7 heteroatoms. The van der Waals surface area contributed by atoms with Gasteiger partial charge in [-0.2, -0.15) is 5.10 Å². The number of hydrogen-bond acceptors (Lipinski definition) is 3. The number of H-pyrrole nitrogens is 1. The van der Waals surface area contributed by atoms with Crippen molar-refractivity contribution in [3.8, 4) is 5.69 Å². The minimum atomic E-state index is -0.327. The highest BCUT2D eigenvalue weighted by molar-refractivity contribution is 14.1. The lowest BCUT2D eigenvalue weighted by molar-refractivity contribution is 0.0955. The first-order valence-electron chi connectivity index (χ1n) is 7.52. The summed E-state index contributed by atoms with van der Waals surface area (Å²) in [5.41, 5.74) is 4.53. The number of benzene rings is 2. The fraction of sp³-hybridized carbons (Fsp3) is 0.0556. The zero-order valence-electron chi connectivity index (χ0n) is 13.4. The molecule has 0 unspecified atom stereocenters. The normalized spacial score (nSPS) is 11.0. The van der Waals surface area contributed by atoms with Crippen LogP contribution in [-0.4, -0.2) is 21.9 Å². The molecule has 2 N–H and O–H groups in total. The van der Waals surface area contributed by atoms with E-state index in [-0.39, 0.29) is 11.5 Å². The van der Waals surface area contributed by atoms with Gasteiger partial charge in [-0.1, -0.05) is 24.3 Å². The molecule has 0 bridgehead atoms. The summed E-state index contributed by atoms with van der Waals surface area (Å²) in [4.78, 5) is 24.6. The van der Waals surface area contributed by atoms with E-state index in [0.717, 1.165) is 9.26 Å². The van der Waals surface area contributed by atoms with E-state index in [1.165, 1.54) is 10.9 Å². The van der Waals surface area contributed by atoms with Crippen LogP contribution in [0, 0.1) is 10.5 Å². The van der Waals surface area contributed by atoms with E-state index in [9.17, 15) is 9.59 Å². The van der Waals surface area contributed by atoms with Gasteiger partial charge in [-0.3, -0.25) is 14.7 Å². The predicted molar refractivity (Wildman–Crippen MR) is 105 cm³/mol. The van der Waals surface area contributed by atoms with E-state index >= 15 is 0 Å². The number of aromatic amines is 1. The molecule has 0 saturated carbocycles. The minimum absolute atomic E-state index is 0.226. The molecule has 1 amide bonds. The molecule has 0 aliphatic rings. The highest BCUT2D eigenvalue weighted by Gasteiger charge is 2.10. The number of para-hydroxylation sites is 1. The van der Waals surface area contributed by atoms with E-state index in [0.29, 0.717) is 16.8 Å². The molecular formula is C18H15IN4O2. The summed E-state index contributed by atoms with van der Waals surface area (Å²) in [6.07, 6.45) is 1.36. The van der Waals surface area contributed by atoms with Crippen molar-refractivity contribution in [2.75, 3.05) is 0 Å². The van der Waals surface area contributed by atoms with Crippen LogP contribution in [0.3, 0.4) is 0 Å². The highest BCUT2D eigenvalue weighted by Crippen LogP contribution is 2.08. The van der Waals surface area contributed by atoms with Crippen molar-refractivity contribution < 1.29 is 4.79 Å². The number of halogens is 1. The number of rotatable bonds is 4. The van der Waals surface area contributed by atoms with Gasteiger partial charge in [-0.15, -0.1) is 0 Å². The maximum Gasteiger partial charge on any atom is 0.280 e. The Morgan fingerprint density at radius 1 is 1.20 bits per heavy atom. The second kappa shape index (κ2) is 7.47. The van der Waals surface area contributed by atoms with Gasteiger partial charge >= 0.3 is 0 Å². The third-order valence-corrected chi connectivity index (χ3v) is 4.25. The first-order valence-corrected chi connectivity index (χ1v) is 8.60. The first kappa shape index (κ1) is 17.2. The topological polar surface area (TPSA) is 79.2 Å². The SMILES string of the molecule is Cc1[nH]n(-c2ccccc2)c(=O)c1C=NNC(=O)c1cccc(I)c1. The van der Waals surface area contributed by atoms with Gasteiger partial charge in [0.05, 0.1) is 17.5 Å². The highest BCUT2D eigenvalue weighted by atomic mass is 127. The van der Waals surface area contributed by atoms with Gasteiger partial charge in [0, 0.05) is 14.8 Å². The third kappa shape index (κ3) is 3.87. The monoisotopic (exact) mass is 446 g/mol. The average molecular weight is 446 g/mol. The maximum atomic E-state index is 12.5. The van der Waals surface area contributed by atoms with Crippen LogP contribution in [0.1, 0.15) is 21.6 Å². The van der Waals surface area contributed by atoms with E-state index < -0.39 is 0 Å². The maximum absolute atomic E-state index is 12.5. The second-order valence-corrected chi connectivity index (χ2v) is 6.58. The van der Waals surface area contributed by atoms with Crippen molar-refractivity contribution in [2.45, 2.75) is 6.92 Å². The summed E-state index contributed by atoms with van der Waals surface area (Å²) in [6, 6.07) is 16.4. The lowest BCUT2D eigenvalue weighted by Gasteiger charge is -2.00. The molecular weight excluding hydrogens is 431 g/mol. The molecule has 1 aromatic heterocycles. The molecule has 3 aromatic rings. The Morgan fingerprint density at radius 3 is 2.68 bits per heavy atom. The van der Waals surface area contributed by atoms with E-state index in [1.807, 2.05) is 36.4 Å². The van der Waals surface area contributed by atoms with Crippen LogP contribution in [0.2, 0.25) is 0 Å². The molecule has 25 heavy (non-hydrogen) atoms. The Labute approximate surface area is 157 Å². The van der Waals surface area contributed by atoms with E-state index in [2.05, 4.69) is 38.2 Å². The van der Waals surface area contributed by atoms with Gasteiger partial charge in [0.2, 0.25) is 0 Å². The smallest absolute Gasteiger partial charge is 0.280 e. The predicted octanol–water partition coefficient (Wildman–Crippen LogP) is 2.84. The molecule has 0 atom stereocenters. The number of nitrogens with zero attached hydrogens (tertiary/aromatic N) is 2. The summed E-state index contributed by atoms with van der Waals surface area (Å²) in [5, 5.41) is 6.92. The van der Waals surface area contributed by atoms with Gasteiger partial charge in [0.25, 0.3) is 11.5 Å². The van der Waals surface area contributed by atoms with Crippen molar-refractivity contribution in [3.05, 3.63) is 85.3 Å². The number of hydrazone groups is 1. The average Bonchev–Trinajstić information content (AvgIpc) is 2.90. The summed E-state index contributed by atoms with van der Waals surface area (Å²) < 4.78 is 2.40. The van der Waals surface area contributed by atoms with Crippen LogP contribution in [-0.2, 0) is 0 Å². The molecule has 0 aliphatic heterocycles. The van der Waals surface area contributed by atoms with Crippen molar-refractivity contribution in [1.82, 2.24) is 15.2 Å². The van der Waals surface area contributed by atoms with Gasteiger partial charge in [-0.05, 0) is 59.8 Å².